The predicted octanol–water partition coefficient (Wildman–Crippen LogP) is 4.86. The standard InChI is InChI=1S/C10H20O2S.C6H14O2S.C2H4O2S.2C2H4/c1-2-3-4-5-6-7-8-12-10(11)9-13;7-4-3-6(8)2-1-5-9;3-2(4)1-5;2*1-2/h13H,2-9H2,1H3;6-9H,1-5H2;5H,1H2,(H,3,4);2*1-2H2. The fourth-order valence-corrected chi connectivity index (χ4v) is 2.01. The van der Waals surface area contributed by atoms with Gasteiger partial charge in [-0.15, -0.1) is 26.3 Å². The summed E-state index contributed by atoms with van der Waals surface area (Å²) in [5.41, 5.74) is 0. The third-order valence-corrected chi connectivity index (χ3v) is 4.03. The van der Waals surface area contributed by atoms with E-state index >= 15 is 0 Å². The van der Waals surface area contributed by atoms with Crippen molar-refractivity contribution in [1.82, 2.24) is 0 Å². The molecule has 9 heteroatoms. The molecule has 1 unspecified atom stereocenters. The topological polar surface area (TPSA) is 104 Å². The number of hydrogen-bond donors (Lipinski definition) is 6. The van der Waals surface area contributed by atoms with Crippen LogP contribution < -0.4 is 0 Å². The summed E-state index contributed by atoms with van der Waals surface area (Å²) in [6.45, 7) is 14.8. The molecule has 0 aliphatic heterocycles. The van der Waals surface area contributed by atoms with Crippen molar-refractivity contribution in [2.45, 2.75) is 70.8 Å². The van der Waals surface area contributed by atoms with E-state index in [1.165, 1.54) is 32.1 Å². The smallest absolute Gasteiger partial charge is 0.315 e. The van der Waals surface area contributed by atoms with Gasteiger partial charge in [-0.2, -0.15) is 37.9 Å². The quantitative estimate of drug-likeness (QED) is 0.0877. The first-order valence-corrected chi connectivity index (χ1v) is 12.3. The maximum atomic E-state index is 10.6. The number of aliphatic carboxylic acids is 1. The lowest BCUT2D eigenvalue weighted by molar-refractivity contribution is -0.140. The van der Waals surface area contributed by atoms with Gasteiger partial charge in [-0.1, -0.05) is 39.0 Å². The molecular weight excluding hydrogens is 456 g/mol. The largest absolute Gasteiger partial charge is 0.481 e. The number of esters is 1. The highest BCUT2D eigenvalue weighted by Crippen LogP contribution is 2.05. The van der Waals surface area contributed by atoms with Crippen LogP contribution in [0, 0.1) is 0 Å². The first-order valence-electron chi connectivity index (χ1n) is 10.4. The Hall–Kier alpha value is -0.610. The fraction of sp³-hybridized carbons (Fsp3) is 0.727. The second kappa shape index (κ2) is 43.3. The SMILES string of the molecule is C=C.C=C.CCCCCCCCOC(=O)CS.O=C(O)CS.OCCC(O)CCCS. The first-order chi connectivity index (χ1) is 14.9. The molecule has 0 bridgehead atoms. The Labute approximate surface area is 206 Å². The van der Waals surface area contributed by atoms with Crippen LogP contribution in [0.3, 0.4) is 0 Å². The highest BCUT2D eigenvalue weighted by molar-refractivity contribution is 7.81. The molecule has 3 N–H and O–H groups in total. The molecular formula is C22H46O6S3. The molecule has 0 aliphatic carbocycles. The monoisotopic (exact) mass is 502 g/mol. The van der Waals surface area contributed by atoms with E-state index in [1.54, 1.807) is 0 Å². The minimum Gasteiger partial charge on any atom is -0.481 e. The van der Waals surface area contributed by atoms with Crippen molar-refractivity contribution in [3.05, 3.63) is 26.3 Å². The maximum Gasteiger partial charge on any atom is 0.315 e. The number of aliphatic hydroxyl groups excluding tert-OH is 2. The van der Waals surface area contributed by atoms with Crippen molar-refractivity contribution >= 4 is 49.8 Å². The van der Waals surface area contributed by atoms with Crippen LogP contribution in [0.4, 0.5) is 0 Å². The highest BCUT2D eigenvalue weighted by Gasteiger charge is 2.00. The number of aliphatic hydroxyl groups is 2. The summed E-state index contributed by atoms with van der Waals surface area (Å²) in [5, 5.41) is 25.0. The molecule has 0 radical (unpaired) electrons. The zero-order valence-electron chi connectivity index (χ0n) is 19.2. The van der Waals surface area contributed by atoms with Gasteiger partial charge in [-0.3, -0.25) is 9.59 Å². The van der Waals surface area contributed by atoms with Crippen LogP contribution in [-0.2, 0) is 14.3 Å². The molecule has 1 atom stereocenters. The van der Waals surface area contributed by atoms with E-state index < -0.39 is 5.97 Å². The molecule has 0 heterocycles. The number of carbonyl (C=O) groups is 2. The van der Waals surface area contributed by atoms with E-state index in [0.717, 1.165) is 25.0 Å². The Bertz CT molecular complexity index is 345. The first kappa shape index (κ1) is 40.7. The van der Waals surface area contributed by atoms with Crippen LogP contribution in [0.25, 0.3) is 0 Å². The van der Waals surface area contributed by atoms with Crippen LogP contribution in [-0.4, -0.2) is 63.8 Å². The normalized spacial score (nSPS) is 9.61. The molecule has 31 heavy (non-hydrogen) atoms. The van der Waals surface area contributed by atoms with Crippen molar-refractivity contribution < 1.29 is 29.6 Å². The van der Waals surface area contributed by atoms with Gasteiger partial charge in [-0.05, 0) is 31.4 Å². The van der Waals surface area contributed by atoms with Crippen LogP contribution in [0.5, 0.6) is 0 Å². The Morgan fingerprint density at radius 1 is 0.871 bits per heavy atom. The van der Waals surface area contributed by atoms with Gasteiger partial charge in [0, 0.05) is 6.61 Å². The molecule has 0 amide bonds. The highest BCUT2D eigenvalue weighted by atomic mass is 32.1. The lowest BCUT2D eigenvalue weighted by Crippen LogP contribution is -2.08. The fourth-order valence-electron chi connectivity index (χ4n) is 1.73. The number of ether oxygens (including phenoxy) is 1. The molecule has 0 aliphatic rings. The molecule has 0 aromatic heterocycles. The number of unbranched alkanes of at least 4 members (excludes halogenated alkanes) is 5. The average Bonchev–Trinajstić information content (AvgIpc) is 2.80. The van der Waals surface area contributed by atoms with Crippen molar-refractivity contribution in [2.24, 2.45) is 0 Å². The van der Waals surface area contributed by atoms with E-state index in [9.17, 15) is 9.59 Å². The van der Waals surface area contributed by atoms with Gasteiger partial charge >= 0.3 is 11.9 Å². The van der Waals surface area contributed by atoms with Gasteiger partial charge in [0.1, 0.15) is 0 Å². The van der Waals surface area contributed by atoms with Crippen LogP contribution in [0.15, 0.2) is 26.3 Å². The Morgan fingerprint density at radius 2 is 1.35 bits per heavy atom. The molecule has 188 valence electrons. The summed E-state index contributed by atoms with van der Waals surface area (Å²) in [6.07, 6.45) is 9.14. The maximum absolute atomic E-state index is 10.6. The second-order valence-electron chi connectivity index (χ2n) is 5.73. The number of carbonyl (C=O) groups excluding carboxylic acids is 1. The number of hydrogen-bond acceptors (Lipinski definition) is 8. The average molecular weight is 503 g/mol. The third kappa shape index (κ3) is 58.6. The van der Waals surface area contributed by atoms with E-state index in [-0.39, 0.29) is 30.2 Å². The number of thiol groups is 3. The van der Waals surface area contributed by atoms with Gasteiger partial charge in [-0.25, -0.2) is 0 Å². The Morgan fingerprint density at radius 3 is 1.74 bits per heavy atom. The van der Waals surface area contributed by atoms with Crippen LogP contribution in [0.2, 0.25) is 0 Å². The van der Waals surface area contributed by atoms with Crippen molar-refractivity contribution in [3.8, 4) is 0 Å². The molecule has 0 rings (SSSR count). The molecule has 0 spiro atoms. The van der Waals surface area contributed by atoms with Crippen molar-refractivity contribution in [2.75, 3.05) is 30.5 Å². The molecule has 6 nitrogen and oxygen atoms in total. The predicted molar refractivity (Wildman–Crippen MR) is 143 cm³/mol. The lowest BCUT2D eigenvalue weighted by Gasteiger charge is -2.05. The second-order valence-corrected chi connectivity index (χ2v) is 6.81. The minimum absolute atomic E-state index is 0.0771. The summed E-state index contributed by atoms with van der Waals surface area (Å²) in [6, 6.07) is 0. The molecule has 0 aromatic rings. The van der Waals surface area contributed by atoms with Gasteiger partial charge < -0.3 is 20.1 Å². The third-order valence-electron chi connectivity index (χ3n) is 3.18. The van der Waals surface area contributed by atoms with E-state index in [4.69, 9.17) is 20.1 Å². The number of carboxylic acids is 1. The van der Waals surface area contributed by atoms with Gasteiger partial charge in [0.25, 0.3) is 0 Å². The molecule has 0 saturated heterocycles. The summed E-state index contributed by atoms with van der Waals surface area (Å²) in [7, 11) is 0. The van der Waals surface area contributed by atoms with E-state index in [0.29, 0.717) is 13.0 Å². The van der Waals surface area contributed by atoms with Gasteiger partial charge in [0.15, 0.2) is 0 Å². The van der Waals surface area contributed by atoms with Crippen molar-refractivity contribution in [3.63, 3.8) is 0 Å². The van der Waals surface area contributed by atoms with Gasteiger partial charge in [0.2, 0.25) is 0 Å². The summed E-state index contributed by atoms with van der Waals surface area (Å²) >= 11 is 11.2. The van der Waals surface area contributed by atoms with Gasteiger partial charge in [0.05, 0.1) is 24.2 Å². The molecule has 0 fully saturated rings. The number of carboxylic acid groups (broad SMARTS) is 1. The minimum atomic E-state index is -0.881. The van der Waals surface area contributed by atoms with Crippen LogP contribution in [0.1, 0.15) is 64.7 Å². The zero-order valence-corrected chi connectivity index (χ0v) is 21.9. The Kier molecular flexibility index (Phi) is 56.9. The number of rotatable bonds is 14. The van der Waals surface area contributed by atoms with Crippen molar-refractivity contribution in [1.29, 1.82) is 0 Å². The molecule has 0 saturated carbocycles. The van der Waals surface area contributed by atoms with E-state index in [2.05, 4.69) is 71.1 Å². The molecule has 0 aromatic carbocycles. The van der Waals surface area contributed by atoms with Crippen LogP contribution >= 0.6 is 37.9 Å². The van der Waals surface area contributed by atoms with E-state index in [1.807, 2.05) is 0 Å². The Balaban J connectivity index is -0.000000109. The summed E-state index contributed by atoms with van der Waals surface area (Å²) < 4.78 is 4.88. The zero-order chi connectivity index (χ0) is 25.3. The summed E-state index contributed by atoms with van der Waals surface area (Å²) in [5.74, 6) is -0.177. The lowest BCUT2D eigenvalue weighted by atomic mass is 10.1. The summed E-state index contributed by atoms with van der Waals surface area (Å²) in [4.78, 5) is 19.9.